The van der Waals surface area contributed by atoms with Crippen molar-refractivity contribution in [3.8, 4) is 11.3 Å². The molecule has 0 fully saturated rings. The van der Waals surface area contributed by atoms with Gasteiger partial charge in [0.05, 0.1) is 11.3 Å². The minimum absolute atomic E-state index is 0.0857. The highest BCUT2D eigenvalue weighted by Crippen LogP contribution is 2.23. The fraction of sp³-hybridized carbons (Fsp3) is 0.167. The third-order valence-corrected chi connectivity index (χ3v) is 4.05. The molecule has 0 saturated heterocycles. The van der Waals surface area contributed by atoms with E-state index in [4.69, 9.17) is 5.73 Å². The highest BCUT2D eigenvalue weighted by atomic mass is 16.2. The highest BCUT2D eigenvalue weighted by Gasteiger charge is 2.28. The van der Waals surface area contributed by atoms with Gasteiger partial charge in [-0.15, -0.1) is 0 Å². The van der Waals surface area contributed by atoms with E-state index in [1.165, 1.54) is 0 Å². The van der Waals surface area contributed by atoms with E-state index < -0.39 is 23.6 Å². The first kappa shape index (κ1) is 18.1. The summed E-state index contributed by atoms with van der Waals surface area (Å²) < 4.78 is 0. The first-order valence-corrected chi connectivity index (χ1v) is 8.20. The molecule has 138 valence electrons. The SMILES string of the molecule is Cc1[nH]nc(C(=O)NC(Cc2cc[nH]c2)C(=O)C(N)=O)c1-c1ccccn1. The predicted molar refractivity (Wildman–Crippen MR) is 96.5 cm³/mol. The second kappa shape index (κ2) is 7.65. The van der Waals surface area contributed by atoms with Crippen LogP contribution in [0.4, 0.5) is 0 Å². The molecule has 0 bridgehead atoms. The molecule has 0 radical (unpaired) electrons. The number of amides is 2. The molecular weight excluding hydrogens is 348 g/mol. The maximum absolute atomic E-state index is 12.8. The minimum atomic E-state index is -1.11. The minimum Gasteiger partial charge on any atom is -0.367 e. The second-order valence-electron chi connectivity index (χ2n) is 5.97. The molecule has 0 aliphatic carbocycles. The first-order chi connectivity index (χ1) is 13.0. The standard InChI is InChI=1S/C18H18N6O3/c1-10-14(12-4-2-3-6-21-12)15(24-23-10)18(27)22-13(16(25)17(19)26)8-11-5-7-20-9-11/h2-7,9,13,20H,8H2,1H3,(H2,19,26)(H,22,27)(H,23,24). The van der Waals surface area contributed by atoms with Crippen molar-refractivity contribution in [3.63, 3.8) is 0 Å². The molecule has 1 unspecified atom stereocenters. The largest absolute Gasteiger partial charge is 0.367 e. The van der Waals surface area contributed by atoms with E-state index in [0.29, 0.717) is 17.0 Å². The lowest BCUT2D eigenvalue weighted by Crippen LogP contribution is -2.47. The van der Waals surface area contributed by atoms with Crippen LogP contribution in [0.15, 0.2) is 42.9 Å². The molecule has 27 heavy (non-hydrogen) atoms. The molecule has 5 N–H and O–H groups in total. The molecule has 0 aromatic carbocycles. The molecule has 0 spiro atoms. The summed E-state index contributed by atoms with van der Waals surface area (Å²) in [5.41, 5.74) is 7.71. The normalized spacial score (nSPS) is 11.7. The van der Waals surface area contributed by atoms with Crippen molar-refractivity contribution in [2.75, 3.05) is 0 Å². The maximum Gasteiger partial charge on any atom is 0.287 e. The average Bonchev–Trinajstić information content (AvgIpc) is 3.30. The molecule has 0 aliphatic rings. The van der Waals surface area contributed by atoms with Crippen molar-refractivity contribution in [2.24, 2.45) is 5.73 Å². The molecule has 3 aromatic heterocycles. The van der Waals surface area contributed by atoms with Gasteiger partial charge in [0.15, 0.2) is 5.69 Å². The van der Waals surface area contributed by atoms with Gasteiger partial charge < -0.3 is 16.0 Å². The zero-order chi connectivity index (χ0) is 19.4. The van der Waals surface area contributed by atoms with Gasteiger partial charge in [-0.2, -0.15) is 5.10 Å². The summed E-state index contributed by atoms with van der Waals surface area (Å²) in [5.74, 6) is -2.59. The summed E-state index contributed by atoms with van der Waals surface area (Å²) in [6.07, 6.45) is 5.08. The van der Waals surface area contributed by atoms with Crippen molar-refractivity contribution in [1.82, 2.24) is 25.5 Å². The molecular formula is C18H18N6O3. The van der Waals surface area contributed by atoms with Crippen LogP contribution in [0.5, 0.6) is 0 Å². The van der Waals surface area contributed by atoms with Gasteiger partial charge in [-0.05, 0) is 30.7 Å². The molecule has 1 atom stereocenters. The van der Waals surface area contributed by atoms with Gasteiger partial charge in [0, 0.05) is 30.7 Å². The van der Waals surface area contributed by atoms with Crippen molar-refractivity contribution >= 4 is 17.6 Å². The zero-order valence-electron chi connectivity index (χ0n) is 14.5. The van der Waals surface area contributed by atoms with Crippen LogP contribution in [0.3, 0.4) is 0 Å². The number of nitrogens with one attached hydrogen (secondary N) is 3. The van der Waals surface area contributed by atoms with Gasteiger partial charge >= 0.3 is 0 Å². The van der Waals surface area contributed by atoms with Gasteiger partial charge in [0.1, 0.15) is 6.04 Å². The van der Waals surface area contributed by atoms with E-state index in [9.17, 15) is 14.4 Å². The average molecular weight is 366 g/mol. The number of rotatable bonds is 7. The number of aryl methyl sites for hydroxylation is 1. The Balaban J connectivity index is 1.88. The number of aromatic amines is 2. The van der Waals surface area contributed by atoms with E-state index >= 15 is 0 Å². The number of Topliss-reactive ketones (excluding diaryl/α,β-unsaturated/α-hetero) is 1. The summed E-state index contributed by atoms with van der Waals surface area (Å²) >= 11 is 0. The Hall–Kier alpha value is -3.75. The number of H-pyrrole nitrogens is 2. The van der Waals surface area contributed by atoms with Crippen molar-refractivity contribution in [2.45, 2.75) is 19.4 Å². The Morgan fingerprint density at radius 2 is 2.07 bits per heavy atom. The molecule has 9 nitrogen and oxygen atoms in total. The third-order valence-electron chi connectivity index (χ3n) is 4.05. The van der Waals surface area contributed by atoms with Crippen LogP contribution in [0.25, 0.3) is 11.3 Å². The van der Waals surface area contributed by atoms with E-state index in [0.717, 1.165) is 5.56 Å². The summed E-state index contributed by atoms with van der Waals surface area (Å²) in [6.45, 7) is 1.76. The van der Waals surface area contributed by atoms with Gasteiger partial charge in [-0.3, -0.25) is 24.5 Å². The number of ketones is 1. The first-order valence-electron chi connectivity index (χ1n) is 8.20. The number of hydrogen-bond acceptors (Lipinski definition) is 5. The Bertz CT molecular complexity index is 962. The monoisotopic (exact) mass is 366 g/mol. The maximum atomic E-state index is 12.8. The Labute approximate surface area is 154 Å². The lowest BCUT2D eigenvalue weighted by Gasteiger charge is -2.15. The van der Waals surface area contributed by atoms with E-state index in [1.807, 2.05) is 0 Å². The fourth-order valence-electron chi connectivity index (χ4n) is 2.75. The smallest absolute Gasteiger partial charge is 0.287 e. The van der Waals surface area contributed by atoms with Crippen molar-refractivity contribution in [1.29, 1.82) is 0 Å². The van der Waals surface area contributed by atoms with Gasteiger partial charge in [-0.1, -0.05) is 6.07 Å². The Morgan fingerprint density at radius 1 is 1.26 bits per heavy atom. The lowest BCUT2D eigenvalue weighted by atomic mass is 10.0. The summed E-state index contributed by atoms with van der Waals surface area (Å²) in [5, 5.41) is 9.35. The predicted octanol–water partition coefficient (Wildman–Crippen LogP) is 0.504. The number of carbonyl (C=O) groups excluding carboxylic acids is 3. The van der Waals surface area contributed by atoms with Crippen molar-refractivity contribution < 1.29 is 14.4 Å². The Morgan fingerprint density at radius 3 is 2.70 bits per heavy atom. The molecule has 2 amide bonds. The molecule has 0 aliphatic heterocycles. The lowest BCUT2D eigenvalue weighted by molar-refractivity contribution is -0.137. The van der Waals surface area contributed by atoms with Crippen LogP contribution in [0.1, 0.15) is 21.7 Å². The molecule has 3 heterocycles. The number of hydrogen-bond donors (Lipinski definition) is 4. The van der Waals surface area contributed by atoms with Crippen LogP contribution in [-0.4, -0.2) is 43.8 Å². The molecule has 3 aromatic rings. The summed E-state index contributed by atoms with van der Waals surface area (Å²) in [6, 6.07) is 5.95. The quantitative estimate of drug-likeness (QED) is 0.450. The second-order valence-corrected chi connectivity index (χ2v) is 5.97. The number of aromatic nitrogens is 4. The van der Waals surface area contributed by atoms with Crippen LogP contribution in [-0.2, 0) is 16.0 Å². The zero-order valence-corrected chi connectivity index (χ0v) is 14.5. The fourth-order valence-corrected chi connectivity index (χ4v) is 2.75. The van der Waals surface area contributed by atoms with Gasteiger partial charge in [0.25, 0.3) is 11.8 Å². The van der Waals surface area contributed by atoms with Crippen LogP contribution >= 0.6 is 0 Å². The van der Waals surface area contributed by atoms with Gasteiger partial charge in [0.2, 0.25) is 5.78 Å². The van der Waals surface area contributed by atoms with Crippen molar-refractivity contribution in [3.05, 3.63) is 59.8 Å². The van der Waals surface area contributed by atoms with Gasteiger partial charge in [-0.25, -0.2) is 0 Å². The van der Waals surface area contributed by atoms with E-state index in [2.05, 4.69) is 25.5 Å². The number of pyridine rings is 1. The number of primary amides is 1. The number of nitrogens with two attached hydrogens (primary N) is 1. The van der Waals surface area contributed by atoms with E-state index in [1.54, 1.807) is 49.8 Å². The Kier molecular flexibility index (Phi) is 5.11. The summed E-state index contributed by atoms with van der Waals surface area (Å²) in [7, 11) is 0. The van der Waals surface area contributed by atoms with Crippen LogP contribution in [0.2, 0.25) is 0 Å². The summed E-state index contributed by atoms with van der Waals surface area (Å²) in [4.78, 5) is 43.4. The highest BCUT2D eigenvalue weighted by molar-refractivity contribution is 6.38. The van der Waals surface area contributed by atoms with Crippen LogP contribution in [0, 0.1) is 6.92 Å². The van der Waals surface area contributed by atoms with E-state index in [-0.39, 0.29) is 12.1 Å². The number of nitrogens with zero attached hydrogens (tertiary/aromatic N) is 2. The van der Waals surface area contributed by atoms with Crippen LogP contribution < -0.4 is 11.1 Å². The molecule has 3 rings (SSSR count). The topological polar surface area (TPSA) is 147 Å². The number of carbonyl (C=O) groups is 3. The molecule has 9 heteroatoms. The third kappa shape index (κ3) is 3.92. The molecule has 0 saturated carbocycles.